The van der Waals surface area contributed by atoms with E-state index in [9.17, 15) is 0 Å². The van der Waals surface area contributed by atoms with Crippen molar-refractivity contribution in [3.63, 3.8) is 0 Å². The maximum atomic E-state index is 5.80. The smallest absolute Gasteiger partial charge is 0.112 e. The van der Waals surface area contributed by atoms with E-state index in [1.54, 1.807) is 6.20 Å². The van der Waals surface area contributed by atoms with E-state index in [0.717, 1.165) is 27.7 Å². The highest BCUT2D eigenvalue weighted by atomic mass is 79.9. The molecule has 0 spiro atoms. The Hall–Kier alpha value is -1.20. The molecule has 5 heteroatoms. The summed E-state index contributed by atoms with van der Waals surface area (Å²) in [6, 6.07) is 3.98. The van der Waals surface area contributed by atoms with Crippen LogP contribution in [-0.2, 0) is 0 Å². The Morgan fingerprint density at radius 1 is 1.37 bits per heavy atom. The Labute approximate surface area is 122 Å². The van der Waals surface area contributed by atoms with E-state index in [2.05, 4.69) is 51.7 Å². The molecule has 0 radical (unpaired) electrons. The molecule has 0 aliphatic rings. The van der Waals surface area contributed by atoms with Crippen molar-refractivity contribution in [2.75, 3.05) is 25.0 Å². The molecule has 0 atom stereocenters. The Balaban J connectivity index is 2.39. The fourth-order valence-electron chi connectivity index (χ4n) is 2.09. The predicted molar refractivity (Wildman–Crippen MR) is 83.3 cm³/mol. The quantitative estimate of drug-likeness (QED) is 0.940. The number of halogens is 1. The summed E-state index contributed by atoms with van der Waals surface area (Å²) < 4.78 is 0.939. The Kier molecular flexibility index (Phi) is 4.06. The molecule has 2 aromatic rings. The van der Waals surface area contributed by atoms with Gasteiger partial charge in [-0.05, 0) is 40.0 Å². The van der Waals surface area contributed by atoms with E-state index in [1.165, 1.54) is 0 Å². The van der Waals surface area contributed by atoms with Crippen LogP contribution >= 0.6 is 15.9 Å². The lowest BCUT2D eigenvalue weighted by molar-refractivity contribution is 0.385. The van der Waals surface area contributed by atoms with Crippen LogP contribution in [0.5, 0.6) is 0 Å². The predicted octanol–water partition coefficient (Wildman–Crippen LogP) is 2.81. The molecular weight excluding hydrogens is 304 g/mol. The number of aromatic nitrogens is 2. The molecule has 0 unspecified atom stereocenters. The Morgan fingerprint density at radius 3 is 2.79 bits per heavy atom. The number of nitrogens with zero attached hydrogens (tertiary/aromatic N) is 3. The fraction of sp³-hybridized carbons (Fsp3) is 0.429. The molecule has 102 valence electrons. The number of nitrogens with two attached hydrogens (primary N) is 1. The van der Waals surface area contributed by atoms with Crippen molar-refractivity contribution in [3.8, 4) is 0 Å². The van der Waals surface area contributed by atoms with Crippen molar-refractivity contribution in [1.82, 2.24) is 9.97 Å². The van der Waals surface area contributed by atoms with Gasteiger partial charge in [-0.2, -0.15) is 0 Å². The van der Waals surface area contributed by atoms with Crippen molar-refractivity contribution in [2.24, 2.45) is 11.1 Å². The third kappa shape index (κ3) is 3.22. The van der Waals surface area contributed by atoms with Crippen LogP contribution in [0.4, 0.5) is 5.69 Å². The summed E-state index contributed by atoms with van der Waals surface area (Å²) in [4.78, 5) is 11.0. The topological polar surface area (TPSA) is 55.0 Å². The van der Waals surface area contributed by atoms with Gasteiger partial charge in [-0.1, -0.05) is 13.8 Å². The largest absolute Gasteiger partial charge is 0.372 e. The first-order chi connectivity index (χ1) is 8.93. The molecule has 0 bridgehead atoms. The zero-order valence-corrected chi connectivity index (χ0v) is 13.1. The van der Waals surface area contributed by atoms with Crippen LogP contribution < -0.4 is 10.6 Å². The molecule has 19 heavy (non-hydrogen) atoms. The second-order valence-corrected chi connectivity index (χ2v) is 6.49. The second-order valence-electron chi connectivity index (χ2n) is 5.58. The van der Waals surface area contributed by atoms with Crippen LogP contribution in [-0.4, -0.2) is 30.1 Å². The van der Waals surface area contributed by atoms with Gasteiger partial charge in [0, 0.05) is 30.5 Å². The monoisotopic (exact) mass is 322 g/mol. The van der Waals surface area contributed by atoms with Gasteiger partial charge in [0.1, 0.15) is 5.52 Å². The highest BCUT2D eigenvalue weighted by molar-refractivity contribution is 9.10. The lowest BCUT2D eigenvalue weighted by atomic mass is 9.93. The summed E-state index contributed by atoms with van der Waals surface area (Å²) in [7, 11) is 2.07. The van der Waals surface area contributed by atoms with Gasteiger partial charge in [0.25, 0.3) is 0 Å². The maximum absolute atomic E-state index is 5.80. The summed E-state index contributed by atoms with van der Waals surface area (Å²) in [6.07, 6.45) is 3.62. The average Bonchev–Trinajstić information content (AvgIpc) is 2.37. The first-order valence-electron chi connectivity index (χ1n) is 6.24. The molecule has 2 N–H and O–H groups in total. The van der Waals surface area contributed by atoms with Crippen molar-refractivity contribution in [3.05, 3.63) is 29.0 Å². The fourth-order valence-corrected chi connectivity index (χ4v) is 2.41. The van der Waals surface area contributed by atoms with E-state index in [1.807, 2.05) is 18.3 Å². The van der Waals surface area contributed by atoms with Gasteiger partial charge in [-0.25, -0.2) is 0 Å². The average molecular weight is 323 g/mol. The number of hydrogen-bond acceptors (Lipinski definition) is 4. The molecule has 2 rings (SSSR count). The number of anilines is 1. The van der Waals surface area contributed by atoms with E-state index in [-0.39, 0.29) is 5.41 Å². The zero-order chi connectivity index (χ0) is 14.0. The van der Waals surface area contributed by atoms with Gasteiger partial charge in [0.15, 0.2) is 0 Å². The normalized spacial score (nSPS) is 11.8. The Bertz CT molecular complexity index is 583. The molecule has 0 saturated carbocycles. The number of fused-ring (bicyclic) bond motifs is 1. The van der Waals surface area contributed by atoms with Gasteiger partial charge in [-0.15, -0.1) is 0 Å². The molecule has 0 fully saturated rings. The van der Waals surface area contributed by atoms with E-state index < -0.39 is 0 Å². The lowest BCUT2D eigenvalue weighted by Crippen LogP contribution is -2.36. The van der Waals surface area contributed by atoms with Gasteiger partial charge >= 0.3 is 0 Å². The van der Waals surface area contributed by atoms with Crippen LogP contribution in [0.3, 0.4) is 0 Å². The highest BCUT2D eigenvalue weighted by Gasteiger charge is 2.19. The number of hydrogen-bond donors (Lipinski definition) is 1. The molecule has 0 aliphatic carbocycles. The molecule has 0 saturated heterocycles. The van der Waals surface area contributed by atoms with Crippen LogP contribution in [0, 0.1) is 5.41 Å². The minimum atomic E-state index is 0.0692. The van der Waals surface area contributed by atoms with Crippen molar-refractivity contribution in [2.45, 2.75) is 13.8 Å². The minimum Gasteiger partial charge on any atom is -0.372 e. The number of rotatable bonds is 4. The molecular formula is C14H19BrN4. The van der Waals surface area contributed by atoms with Gasteiger partial charge in [0.05, 0.1) is 11.2 Å². The van der Waals surface area contributed by atoms with Gasteiger partial charge in [0.2, 0.25) is 0 Å². The highest BCUT2D eigenvalue weighted by Crippen LogP contribution is 2.26. The van der Waals surface area contributed by atoms with E-state index in [4.69, 9.17) is 5.73 Å². The summed E-state index contributed by atoms with van der Waals surface area (Å²) in [5.74, 6) is 0. The summed E-state index contributed by atoms with van der Waals surface area (Å²) in [5, 5.41) is 0. The van der Waals surface area contributed by atoms with Crippen LogP contribution in [0.15, 0.2) is 29.0 Å². The summed E-state index contributed by atoms with van der Waals surface area (Å²) in [6.45, 7) is 5.85. The molecule has 2 heterocycles. The zero-order valence-electron chi connectivity index (χ0n) is 11.5. The molecule has 0 amide bonds. The van der Waals surface area contributed by atoms with Crippen LogP contribution in [0.25, 0.3) is 11.0 Å². The first-order valence-corrected chi connectivity index (χ1v) is 7.04. The van der Waals surface area contributed by atoms with E-state index in [0.29, 0.717) is 6.54 Å². The van der Waals surface area contributed by atoms with Crippen LogP contribution in [0.1, 0.15) is 13.8 Å². The van der Waals surface area contributed by atoms with Crippen molar-refractivity contribution < 1.29 is 0 Å². The number of pyridine rings is 2. The molecule has 4 nitrogen and oxygen atoms in total. The van der Waals surface area contributed by atoms with E-state index >= 15 is 0 Å². The third-order valence-electron chi connectivity index (χ3n) is 3.15. The van der Waals surface area contributed by atoms with Gasteiger partial charge < -0.3 is 10.6 Å². The molecule has 0 aromatic carbocycles. The SMILES string of the molecule is CN(CC(C)(C)CN)c1ccnc2cc(Br)cnc12. The van der Waals surface area contributed by atoms with Crippen molar-refractivity contribution >= 4 is 32.7 Å². The maximum Gasteiger partial charge on any atom is 0.112 e. The lowest BCUT2D eigenvalue weighted by Gasteiger charge is -2.30. The molecule has 0 aliphatic heterocycles. The second kappa shape index (κ2) is 5.43. The Morgan fingerprint density at radius 2 is 2.11 bits per heavy atom. The van der Waals surface area contributed by atoms with Gasteiger partial charge in [-0.3, -0.25) is 9.97 Å². The molecule has 2 aromatic heterocycles. The summed E-state index contributed by atoms with van der Waals surface area (Å²) >= 11 is 3.42. The summed E-state index contributed by atoms with van der Waals surface area (Å²) in [5.41, 5.74) is 8.77. The van der Waals surface area contributed by atoms with Crippen molar-refractivity contribution in [1.29, 1.82) is 0 Å². The van der Waals surface area contributed by atoms with Crippen LogP contribution in [0.2, 0.25) is 0 Å². The third-order valence-corrected chi connectivity index (χ3v) is 3.59. The standard InChI is InChI=1S/C14H19BrN4/c1-14(2,8-16)9-19(3)12-4-5-17-11-6-10(15)7-18-13(11)12/h4-7H,8-9,16H2,1-3H3. The minimum absolute atomic E-state index is 0.0692. The first kappa shape index (κ1) is 14.2.